The molecule has 0 bridgehead atoms. The molecule has 0 spiro atoms. The Morgan fingerprint density at radius 2 is 1.63 bits per heavy atom. The first-order valence-corrected chi connectivity index (χ1v) is 9.34. The maximum atomic E-state index is 10.6. The Kier molecular flexibility index (Phi) is 3.76. The normalized spacial score (nSPS) is 15.7. The molecule has 5 rings (SSSR count). The summed E-state index contributed by atoms with van der Waals surface area (Å²) in [7, 11) is 2.16. The second-order valence-corrected chi connectivity index (χ2v) is 7.23. The van der Waals surface area contributed by atoms with E-state index >= 15 is 0 Å². The standard InChI is InChI=1S/C22H22N4O/c1-25-10-12-26(13-11-25)20-14-19(23-17-8-4-2-6-15(17)20)21-16-7-3-5-9-18(16)24-22(21)27/h2-9,14,24,27H,10-13H2,1H3. The van der Waals surface area contributed by atoms with Gasteiger partial charge >= 0.3 is 0 Å². The van der Waals surface area contributed by atoms with E-state index in [-0.39, 0.29) is 5.88 Å². The molecule has 1 saturated heterocycles. The number of likely N-dealkylation sites (N-methyl/N-ethyl adjacent to an activating group) is 1. The second kappa shape index (κ2) is 6.28. The molecule has 27 heavy (non-hydrogen) atoms. The largest absolute Gasteiger partial charge is 0.494 e. The van der Waals surface area contributed by atoms with Gasteiger partial charge in [0.1, 0.15) is 0 Å². The average molecular weight is 358 g/mol. The summed E-state index contributed by atoms with van der Waals surface area (Å²) in [4.78, 5) is 12.7. The predicted octanol–water partition coefficient (Wildman–Crippen LogP) is 3.84. The molecule has 0 unspecified atom stereocenters. The number of hydrogen-bond acceptors (Lipinski definition) is 4. The highest BCUT2D eigenvalue weighted by molar-refractivity contribution is 6.01. The third-order valence-corrected chi connectivity index (χ3v) is 5.48. The lowest BCUT2D eigenvalue weighted by atomic mass is 10.1. The number of aromatic hydroxyl groups is 1. The number of nitrogens with one attached hydrogen (secondary N) is 1. The van der Waals surface area contributed by atoms with Gasteiger partial charge in [0.25, 0.3) is 0 Å². The zero-order valence-electron chi connectivity index (χ0n) is 15.3. The number of aromatic nitrogens is 2. The summed E-state index contributed by atoms with van der Waals surface area (Å²) in [5.41, 5.74) is 4.63. The first-order valence-electron chi connectivity index (χ1n) is 9.34. The maximum absolute atomic E-state index is 10.6. The molecule has 0 radical (unpaired) electrons. The summed E-state index contributed by atoms with van der Waals surface area (Å²) in [6.07, 6.45) is 0. The van der Waals surface area contributed by atoms with Crippen molar-refractivity contribution in [2.24, 2.45) is 0 Å². The molecule has 3 heterocycles. The lowest BCUT2D eigenvalue weighted by Gasteiger charge is -2.34. The van der Waals surface area contributed by atoms with E-state index in [2.05, 4.69) is 40.0 Å². The Balaban J connectivity index is 1.73. The number of rotatable bonds is 2. The van der Waals surface area contributed by atoms with Gasteiger partial charge in [-0.05, 0) is 25.2 Å². The number of para-hydroxylation sites is 2. The fourth-order valence-electron chi connectivity index (χ4n) is 3.98. The van der Waals surface area contributed by atoms with Crippen LogP contribution in [-0.4, -0.2) is 53.2 Å². The van der Waals surface area contributed by atoms with Crippen LogP contribution in [0.5, 0.6) is 5.88 Å². The van der Waals surface area contributed by atoms with Crippen LogP contribution in [0.4, 0.5) is 5.69 Å². The lowest BCUT2D eigenvalue weighted by Crippen LogP contribution is -2.44. The minimum atomic E-state index is 0.170. The molecule has 136 valence electrons. The molecule has 2 N–H and O–H groups in total. The number of H-pyrrole nitrogens is 1. The van der Waals surface area contributed by atoms with Gasteiger partial charge < -0.3 is 19.9 Å². The Hall–Kier alpha value is -3.05. The van der Waals surface area contributed by atoms with Crippen LogP contribution in [0, 0.1) is 0 Å². The van der Waals surface area contributed by atoms with Gasteiger partial charge in [-0.15, -0.1) is 0 Å². The maximum Gasteiger partial charge on any atom is 0.199 e. The topological polar surface area (TPSA) is 55.4 Å². The number of hydrogen-bond donors (Lipinski definition) is 2. The number of benzene rings is 2. The molecule has 4 aromatic rings. The number of piperazine rings is 1. The Morgan fingerprint density at radius 3 is 2.44 bits per heavy atom. The van der Waals surface area contributed by atoms with Crippen molar-refractivity contribution in [3.63, 3.8) is 0 Å². The smallest absolute Gasteiger partial charge is 0.199 e. The van der Waals surface area contributed by atoms with Crippen molar-refractivity contribution in [2.75, 3.05) is 38.1 Å². The Bertz CT molecular complexity index is 1130. The van der Waals surface area contributed by atoms with Crippen molar-refractivity contribution in [3.8, 4) is 17.1 Å². The van der Waals surface area contributed by atoms with E-state index in [0.29, 0.717) is 0 Å². The SMILES string of the molecule is CN1CCN(c2cc(-c3c(O)[nH]c4ccccc34)nc3ccccc23)CC1. The van der Waals surface area contributed by atoms with Crippen LogP contribution in [0.25, 0.3) is 33.1 Å². The van der Waals surface area contributed by atoms with E-state index in [4.69, 9.17) is 4.98 Å². The van der Waals surface area contributed by atoms with Crippen molar-refractivity contribution < 1.29 is 5.11 Å². The van der Waals surface area contributed by atoms with Crippen LogP contribution in [0.15, 0.2) is 54.6 Å². The molecular weight excluding hydrogens is 336 g/mol. The van der Waals surface area contributed by atoms with Crippen LogP contribution in [0.1, 0.15) is 0 Å². The van der Waals surface area contributed by atoms with E-state index in [9.17, 15) is 5.11 Å². The molecular formula is C22H22N4O. The third-order valence-electron chi connectivity index (χ3n) is 5.48. The van der Waals surface area contributed by atoms with Crippen molar-refractivity contribution >= 4 is 27.5 Å². The highest BCUT2D eigenvalue weighted by Crippen LogP contribution is 2.39. The summed E-state index contributed by atoms with van der Waals surface area (Å²) in [6, 6.07) is 18.3. The summed E-state index contributed by atoms with van der Waals surface area (Å²) in [6.45, 7) is 4.07. The minimum absolute atomic E-state index is 0.170. The molecule has 0 atom stereocenters. The van der Waals surface area contributed by atoms with Gasteiger partial charge in [0.2, 0.25) is 0 Å². The van der Waals surface area contributed by atoms with Crippen LogP contribution in [0.3, 0.4) is 0 Å². The van der Waals surface area contributed by atoms with Crippen molar-refractivity contribution in [1.29, 1.82) is 0 Å². The third kappa shape index (κ3) is 2.71. The van der Waals surface area contributed by atoms with Gasteiger partial charge in [-0.2, -0.15) is 0 Å². The molecule has 5 heteroatoms. The number of aromatic amines is 1. The molecule has 1 fully saturated rings. The van der Waals surface area contributed by atoms with Gasteiger partial charge in [0.15, 0.2) is 5.88 Å². The number of anilines is 1. The van der Waals surface area contributed by atoms with Crippen molar-refractivity contribution in [1.82, 2.24) is 14.9 Å². The zero-order chi connectivity index (χ0) is 18.4. The fourth-order valence-corrected chi connectivity index (χ4v) is 3.98. The van der Waals surface area contributed by atoms with Gasteiger partial charge in [-0.1, -0.05) is 36.4 Å². The number of pyridine rings is 1. The molecule has 0 saturated carbocycles. The van der Waals surface area contributed by atoms with Crippen LogP contribution in [-0.2, 0) is 0 Å². The quantitative estimate of drug-likeness (QED) is 0.572. The van der Waals surface area contributed by atoms with Gasteiger partial charge in [-0.25, -0.2) is 4.98 Å². The molecule has 2 aromatic heterocycles. The molecule has 0 amide bonds. The molecule has 2 aromatic carbocycles. The Labute approximate surface area is 157 Å². The first-order chi connectivity index (χ1) is 13.2. The predicted molar refractivity (Wildman–Crippen MR) is 110 cm³/mol. The molecule has 1 aliphatic heterocycles. The van der Waals surface area contributed by atoms with E-state index in [1.54, 1.807) is 0 Å². The van der Waals surface area contributed by atoms with Crippen molar-refractivity contribution in [3.05, 3.63) is 54.6 Å². The summed E-state index contributed by atoms with van der Waals surface area (Å²) in [5.74, 6) is 0.170. The Morgan fingerprint density at radius 1 is 0.926 bits per heavy atom. The van der Waals surface area contributed by atoms with Gasteiger partial charge in [0, 0.05) is 48.2 Å². The van der Waals surface area contributed by atoms with E-state index in [1.807, 2.05) is 36.4 Å². The van der Waals surface area contributed by atoms with Crippen molar-refractivity contribution in [2.45, 2.75) is 0 Å². The van der Waals surface area contributed by atoms with E-state index in [1.165, 1.54) is 5.69 Å². The fraction of sp³-hybridized carbons (Fsp3) is 0.227. The highest BCUT2D eigenvalue weighted by atomic mass is 16.3. The summed E-state index contributed by atoms with van der Waals surface area (Å²) in [5, 5.41) is 12.7. The van der Waals surface area contributed by atoms with Crippen LogP contribution < -0.4 is 4.90 Å². The zero-order valence-corrected chi connectivity index (χ0v) is 15.3. The highest BCUT2D eigenvalue weighted by Gasteiger charge is 2.20. The average Bonchev–Trinajstić information content (AvgIpc) is 3.03. The first kappa shape index (κ1) is 16.1. The molecule has 0 aliphatic carbocycles. The van der Waals surface area contributed by atoms with E-state index < -0.39 is 0 Å². The number of fused-ring (bicyclic) bond motifs is 2. The second-order valence-electron chi connectivity index (χ2n) is 7.23. The summed E-state index contributed by atoms with van der Waals surface area (Å²) < 4.78 is 0. The van der Waals surface area contributed by atoms with Crippen LogP contribution in [0.2, 0.25) is 0 Å². The van der Waals surface area contributed by atoms with Gasteiger partial charge in [-0.3, -0.25) is 0 Å². The van der Waals surface area contributed by atoms with Crippen LogP contribution >= 0.6 is 0 Å². The number of nitrogens with zero attached hydrogens (tertiary/aromatic N) is 3. The summed E-state index contributed by atoms with van der Waals surface area (Å²) >= 11 is 0. The minimum Gasteiger partial charge on any atom is -0.494 e. The molecule has 5 nitrogen and oxygen atoms in total. The monoisotopic (exact) mass is 358 g/mol. The van der Waals surface area contributed by atoms with Gasteiger partial charge in [0.05, 0.1) is 16.8 Å². The molecule has 1 aliphatic rings. The lowest BCUT2D eigenvalue weighted by molar-refractivity contribution is 0.313. The van der Waals surface area contributed by atoms with E-state index in [0.717, 1.165) is 59.2 Å².